The molecule has 1 N–H and O–H groups in total. The smallest absolute Gasteiger partial charge is 0.153 e. The Morgan fingerprint density at radius 1 is 0.938 bits per heavy atom. The normalized spacial score (nSPS) is 10.2. The number of aromatic nitrogens is 2. The van der Waals surface area contributed by atoms with Gasteiger partial charge in [0, 0.05) is 5.02 Å². The number of benzene rings is 1. The molecule has 0 amide bonds. The summed E-state index contributed by atoms with van der Waals surface area (Å²) >= 11 is 17.5. The van der Waals surface area contributed by atoms with Crippen molar-refractivity contribution in [3.8, 4) is 0 Å². The number of anilines is 2. The molecule has 2 aromatic rings. The van der Waals surface area contributed by atoms with E-state index in [1.807, 2.05) is 0 Å². The molecule has 82 valence electrons. The van der Waals surface area contributed by atoms with Gasteiger partial charge >= 0.3 is 0 Å². The maximum absolute atomic E-state index is 5.98. The molecule has 1 heterocycles. The quantitative estimate of drug-likeness (QED) is 0.892. The van der Waals surface area contributed by atoms with E-state index in [0.29, 0.717) is 26.7 Å². The van der Waals surface area contributed by atoms with Gasteiger partial charge in [-0.15, -0.1) is 10.2 Å². The number of hydrogen-bond acceptors (Lipinski definition) is 3. The van der Waals surface area contributed by atoms with Crippen molar-refractivity contribution in [2.24, 2.45) is 0 Å². The van der Waals surface area contributed by atoms with Gasteiger partial charge in [0.25, 0.3) is 0 Å². The van der Waals surface area contributed by atoms with Crippen molar-refractivity contribution in [3.05, 3.63) is 45.5 Å². The second-order valence-corrected chi connectivity index (χ2v) is 4.22. The van der Waals surface area contributed by atoms with Crippen LogP contribution in [0.5, 0.6) is 0 Å². The standard InChI is InChI=1S/C10H6Cl3N3/c11-6-1-2-7(12)8(5-6)14-10-4-3-9(13)15-16-10/h1-5H,(H,14,16). The van der Waals surface area contributed by atoms with Gasteiger partial charge in [0.1, 0.15) is 0 Å². The predicted molar refractivity (Wildman–Crippen MR) is 66.8 cm³/mol. The number of halogens is 3. The third kappa shape index (κ3) is 2.76. The molecule has 0 spiro atoms. The van der Waals surface area contributed by atoms with E-state index in [9.17, 15) is 0 Å². The van der Waals surface area contributed by atoms with Gasteiger partial charge in [0.05, 0.1) is 10.7 Å². The molecule has 0 aliphatic heterocycles. The van der Waals surface area contributed by atoms with Gasteiger partial charge in [0.2, 0.25) is 0 Å². The van der Waals surface area contributed by atoms with Crippen LogP contribution in [0.15, 0.2) is 30.3 Å². The Labute approximate surface area is 107 Å². The molecule has 1 aromatic heterocycles. The van der Waals surface area contributed by atoms with Crippen LogP contribution in [0.1, 0.15) is 0 Å². The Morgan fingerprint density at radius 2 is 1.75 bits per heavy atom. The van der Waals surface area contributed by atoms with E-state index in [2.05, 4.69) is 15.5 Å². The molecule has 0 aliphatic carbocycles. The van der Waals surface area contributed by atoms with Gasteiger partial charge in [-0.05, 0) is 30.3 Å². The minimum atomic E-state index is 0.336. The summed E-state index contributed by atoms with van der Waals surface area (Å²) in [7, 11) is 0. The van der Waals surface area contributed by atoms with Crippen LogP contribution >= 0.6 is 34.8 Å². The van der Waals surface area contributed by atoms with E-state index < -0.39 is 0 Å². The maximum atomic E-state index is 5.98. The average Bonchev–Trinajstić information content (AvgIpc) is 2.27. The SMILES string of the molecule is Clc1ccc(Cl)c(Nc2ccc(Cl)nn2)c1. The zero-order valence-corrected chi connectivity index (χ0v) is 10.2. The zero-order valence-electron chi connectivity index (χ0n) is 7.92. The Kier molecular flexibility index (Phi) is 3.49. The second-order valence-electron chi connectivity index (χ2n) is 2.99. The van der Waals surface area contributed by atoms with Gasteiger partial charge in [-0.25, -0.2) is 0 Å². The topological polar surface area (TPSA) is 37.8 Å². The molecule has 0 saturated heterocycles. The van der Waals surface area contributed by atoms with Gasteiger partial charge < -0.3 is 5.32 Å². The van der Waals surface area contributed by atoms with E-state index in [1.54, 1.807) is 30.3 Å². The first-order valence-corrected chi connectivity index (χ1v) is 5.50. The maximum Gasteiger partial charge on any atom is 0.153 e. The van der Waals surface area contributed by atoms with Gasteiger partial charge in [-0.3, -0.25) is 0 Å². The second kappa shape index (κ2) is 4.87. The van der Waals surface area contributed by atoms with Crippen molar-refractivity contribution in [1.82, 2.24) is 10.2 Å². The predicted octanol–water partition coefficient (Wildman–Crippen LogP) is 4.18. The fraction of sp³-hybridized carbons (Fsp3) is 0. The van der Waals surface area contributed by atoms with Crippen molar-refractivity contribution in [1.29, 1.82) is 0 Å². The van der Waals surface area contributed by atoms with Crippen LogP contribution in [0.3, 0.4) is 0 Å². The van der Waals surface area contributed by atoms with Crippen molar-refractivity contribution < 1.29 is 0 Å². The third-order valence-electron chi connectivity index (χ3n) is 1.82. The van der Waals surface area contributed by atoms with Crippen LogP contribution in [-0.4, -0.2) is 10.2 Å². The Bertz CT molecular complexity index is 499. The molecule has 2 rings (SSSR count). The molecular weight excluding hydrogens is 268 g/mol. The minimum Gasteiger partial charge on any atom is -0.337 e. The molecule has 0 saturated carbocycles. The Morgan fingerprint density at radius 3 is 2.44 bits per heavy atom. The molecule has 1 aromatic carbocycles. The Balaban J connectivity index is 2.26. The lowest BCUT2D eigenvalue weighted by molar-refractivity contribution is 1.04. The summed E-state index contributed by atoms with van der Waals surface area (Å²) in [5.74, 6) is 0.550. The minimum absolute atomic E-state index is 0.336. The molecule has 0 radical (unpaired) electrons. The highest BCUT2D eigenvalue weighted by Crippen LogP contribution is 2.27. The monoisotopic (exact) mass is 273 g/mol. The van der Waals surface area contributed by atoms with Crippen molar-refractivity contribution in [3.63, 3.8) is 0 Å². The molecule has 0 fully saturated rings. The third-order valence-corrected chi connectivity index (χ3v) is 2.59. The lowest BCUT2D eigenvalue weighted by atomic mass is 10.3. The summed E-state index contributed by atoms with van der Waals surface area (Å²) in [5, 5.41) is 12.0. The molecule has 0 bridgehead atoms. The van der Waals surface area contributed by atoms with Gasteiger partial charge in [0.15, 0.2) is 11.0 Å². The van der Waals surface area contributed by atoms with Crippen LogP contribution in [-0.2, 0) is 0 Å². The van der Waals surface area contributed by atoms with E-state index in [1.165, 1.54) is 0 Å². The highest BCUT2D eigenvalue weighted by atomic mass is 35.5. The molecule has 0 aliphatic rings. The van der Waals surface area contributed by atoms with Crippen LogP contribution in [0, 0.1) is 0 Å². The summed E-state index contributed by atoms with van der Waals surface area (Å²) in [6.45, 7) is 0. The zero-order chi connectivity index (χ0) is 11.5. The number of nitrogens with one attached hydrogen (secondary N) is 1. The fourth-order valence-corrected chi connectivity index (χ4v) is 1.55. The number of hydrogen-bond donors (Lipinski definition) is 1. The largest absolute Gasteiger partial charge is 0.337 e. The molecule has 0 unspecified atom stereocenters. The van der Waals surface area contributed by atoms with Crippen molar-refractivity contribution >= 4 is 46.3 Å². The van der Waals surface area contributed by atoms with E-state index in [0.717, 1.165) is 0 Å². The van der Waals surface area contributed by atoms with Crippen LogP contribution in [0.4, 0.5) is 11.5 Å². The summed E-state index contributed by atoms with van der Waals surface area (Å²) in [4.78, 5) is 0. The van der Waals surface area contributed by atoms with Crippen molar-refractivity contribution in [2.45, 2.75) is 0 Å². The van der Waals surface area contributed by atoms with Crippen LogP contribution < -0.4 is 5.32 Å². The molecular formula is C10H6Cl3N3. The molecule has 6 heteroatoms. The Hall–Kier alpha value is -1.03. The van der Waals surface area contributed by atoms with Gasteiger partial charge in [-0.1, -0.05) is 34.8 Å². The van der Waals surface area contributed by atoms with E-state index in [-0.39, 0.29) is 0 Å². The number of nitrogens with zero attached hydrogens (tertiary/aromatic N) is 2. The van der Waals surface area contributed by atoms with E-state index >= 15 is 0 Å². The average molecular weight is 275 g/mol. The lowest BCUT2D eigenvalue weighted by Gasteiger charge is -2.07. The first-order chi connectivity index (χ1) is 7.65. The number of rotatable bonds is 2. The van der Waals surface area contributed by atoms with Crippen molar-refractivity contribution in [2.75, 3.05) is 5.32 Å². The summed E-state index contributed by atoms with van der Waals surface area (Å²) in [6, 6.07) is 8.46. The summed E-state index contributed by atoms with van der Waals surface area (Å²) < 4.78 is 0. The van der Waals surface area contributed by atoms with Crippen LogP contribution in [0.25, 0.3) is 0 Å². The molecule has 3 nitrogen and oxygen atoms in total. The highest BCUT2D eigenvalue weighted by Gasteiger charge is 2.03. The van der Waals surface area contributed by atoms with E-state index in [4.69, 9.17) is 34.8 Å². The molecule has 0 atom stereocenters. The fourth-order valence-electron chi connectivity index (χ4n) is 1.11. The van der Waals surface area contributed by atoms with Gasteiger partial charge in [-0.2, -0.15) is 0 Å². The summed E-state index contributed by atoms with van der Waals surface area (Å²) in [5.41, 5.74) is 0.672. The highest BCUT2D eigenvalue weighted by molar-refractivity contribution is 6.35. The lowest BCUT2D eigenvalue weighted by Crippen LogP contribution is -1.95. The first kappa shape index (κ1) is 11.5. The van der Waals surface area contributed by atoms with Crippen LogP contribution in [0.2, 0.25) is 15.2 Å². The summed E-state index contributed by atoms with van der Waals surface area (Å²) in [6.07, 6.45) is 0. The first-order valence-electron chi connectivity index (χ1n) is 4.36. The molecule has 16 heavy (non-hydrogen) atoms.